The van der Waals surface area contributed by atoms with Crippen LogP contribution in [0.2, 0.25) is 0 Å². The number of ether oxygens (including phenoxy) is 1. The fourth-order valence-electron chi connectivity index (χ4n) is 4.49. The molecule has 0 aliphatic carbocycles. The van der Waals surface area contributed by atoms with Gasteiger partial charge in [-0.15, -0.1) is 11.3 Å². The number of benzene rings is 2. The summed E-state index contributed by atoms with van der Waals surface area (Å²) in [4.78, 5) is 24.6. The fraction of sp³-hybridized carbons (Fsp3) is 0.308. The van der Waals surface area contributed by atoms with Gasteiger partial charge in [0.25, 0.3) is 31.7 Å². The van der Waals surface area contributed by atoms with Gasteiger partial charge < -0.3 is 15.4 Å². The van der Waals surface area contributed by atoms with Crippen LogP contribution in [0.3, 0.4) is 0 Å². The molecule has 1 saturated heterocycles. The number of hydrogen-bond donors (Lipinski definition) is 4. The molecule has 1 aliphatic heterocycles. The lowest BCUT2D eigenvalue weighted by molar-refractivity contribution is -0.0436. The number of hydrogen-bond acceptors (Lipinski definition) is 10. The van der Waals surface area contributed by atoms with E-state index < -0.39 is 48.1 Å². The summed E-state index contributed by atoms with van der Waals surface area (Å²) < 4.78 is 96.2. The van der Waals surface area contributed by atoms with E-state index in [1.54, 1.807) is 18.2 Å². The molecular formula is C26H28F3N5O7S3. The van der Waals surface area contributed by atoms with Gasteiger partial charge in [-0.3, -0.25) is 15.0 Å². The standard InChI is InChI=1S/C26H28F3N5O7S3/c1-41-19-8-2-5-16(11-19)23(35)31-14-20-13-22(24(36)33-30)25(42-20)44(39,40)34-10-4-7-18(15-34)32-17-6-3-9-21(12-17)43(37,38)26(27,28)29/h2-3,5-6,8-9,11-13,18,32H,4,7,10,14-15,30H2,1H3,(H,31,35)(H,33,36). The van der Waals surface area contributed by atoms with Gasteiger partial charge in [0.05, 0.1) is 24.1 Å². The number of nitrogens with two attached hydrogens (primary N) is 1. The minimum Gasteiger partial charge on any atom is -0.497 e. The van der Waals surface area contributed by atoms with Gasteiger partial charge in [0, 0.05) is 35.3 Å². The molecule has 0 radical (unpaired) electrons. The summed E-state index contributed by atoms with van der Waals surface area (Å²) >= 11 is 0.782. The van der Waals surface area contributed by atoms with Crippen molar-refractivity contribution in [1.29, 1.82) is 0 Å². The van der Waals surface area contributed by atoms with E-state index in [4.69, 9.17) is 10.6 Å². The van der Waals surface area contributed by atoms with Crippen LogP contribution in [0.15, 0.2) is 63.7 Å². The second-order valence-electron chi connectivity index (χ2n) is 9.63. The van der Waals surface area contributed by atoms with E-state index >= 15 is 0 Å². The van der Waals surface area contributed by atoms with Crippen molar-refractivity contribution in [3.8, 4) is 5.75 Å². The average molecular weight is 676 g/mol. The molecule has 2 amide bonds. The number of carbonyl (C=O) groups is 2. The number of sulfonamides is 1. The van der Waals surface area contributed by atoms with Gasteiger partial charge in [-0.05, 0) is 55.3 Å². The van der Waals surface area contributed by atoms with Gasteiger partial charge in [-0.25, -0.2) is 22.7 Å². The third-order valence-electron chi connectivity index (χ3n) is 6.66. The molecule has 1 atom stereocenters. The Hall–Kier alpha value is -3.71. The van der Waals surface area contributed by atoms with Crippen LogP contribution < -0.4 is 26.6 Å². The Morgan fingerprint density at radius 2 is 1.80 bits per heavy atom. The molecule has 2 heterocycles. The summed E-state index contributed by atoms with van der Waals surface area (Å²) in [6, 6.07) is 11.3. The lowest BCUT2D eigenvalue weighted by Crippen LogP contribution is -2.45. The van der Waals surface area contributed by atoms with Crippen LogP contribution in [0.5, 0.6) is 5.75 Å². The first kappa shape index (κ1) is 33.2. The number of nitrogens with one attached hydrogen (secondary N) is 3. The zero-order valence-corrected chi connectivity index (χ0v) is 25.5. The first-order chi connectivity index (χ1) is 20.7. The van der Waals surface area contributed by atoms with Crippen LogP contribution in [-0.2, 0) is 26.4 Å². The summed E-state index contributed by atoms with van der Waals surface area (Å²) in [5.41, 5.74) is -3.40. The summed E-state index contributed by atoms with van der Waals surface area (Å²) in [5, 5.41) is 5.59. The Morgan fingerprint density at radius 1 is 1.07 bits per heavy atom. The second kappa shape index (κ2) is 13.1. The van der Waals surface area contributed by atoms with E-state index in [0.717, 1.165) is 33.8 Å². The molecule has 0 saturated carbocycles. The molecule has 5 N–H and O–H groups in total. The average Bonchev–Trinajstić information content (AvgIpc) is 3.44. The number of anilines is 1. The number of nitrogens with zero attached hydrogens (tertiary/aromatic N) is 1. The highest BCUT2D eigenvalue weighted by Crippen LogP contribution is 2.34. The van der Waals surface area contributed by atoms with Crippen molar-refractivity contribution in [2.75, 3.05) is 25.5 Å². The minimum atomic E-state index is -5.58. The Morgan fingerprint density at radius 3 is 2.48 bits per heavy atom. The maximum atomic E-state index is 13.7. The van der Waals surface area contributed by atoms with Gasteiger partial charge in [-0.2, -0.15) is 17.5 Å². The molecule has 238 valence electrons. The van der Waals surface area contributed by atoms with Crippen molar-refractivity contribution in [1.82, 2.24) is 15.0 Å². The monoisotopic (exact) mass is 675 g/mol. The number of piperidine rings is 1. The smallest absolute Gasteiger partial charge is 0.497 e. The third-order valence-corrected chi connectivity index (χ3v) is 11.7. The molecule has 3 aromatic rings. The Balaban J connectivity index is 1.52. The van der Waals surface area contributed by atoms with E-state index in [-0.39, 0.29) is 35.1 Å². The van der Waals surface area contributed by atoms with E-state index in [1.807, 2.05) is 5.43 Å². The quantitative estimate of drug-likeness (QED) is 0.143. The predicted octanol–water partition coefficient (Wildman–Crippen LogP) is 2.85. The molecule has 44 heavy (non-hydrogen) atoms. The van der Waals surface area contributed by atoms with Crippen molar-refractivity contribution in [3.63, 3.8) is 0 Å². The zero-order valence-electron chi connectivity index (χ0n) is 23.0. The van der Waals surface area contributed by atoms with E-state index in [2.05, 4.69) is 10.6 Å². The number of hydrazine groups is 1. The van der Waals surface area contributed by atoms with E-state index in [9.17, 15) is 39.6 Å². The number of nitrogen functional groups attached to an aromatic ring is 1. The van der Waals surface area contributed by atoms with Gasteiger partial charge in [0.1, 0.15) is 9.96 Å². The molecule has 0 bridgehead atoms. The number of rotatable bonds is 10. The van der Waals surface area contributed by atoms with Crippen LogP contribution in [-0.4, -0.2) is 64.7 Å². The molecule has 1 unspecified atom stereocenters. The van der Waals surface area contributed by atoms with E-state index in [0.29, 0.717) is 29.0 Å². The van der Waals surface area contributed by atoms with Gasteiger partial charge in [0.2, 0.25) is 0 Å². The topological polar surface area (TPSA) is 177 Å². The van der Waals surface area contributed by atoms with Gasteiger partial charge >= 0.3 is 5.51 Å². The van der Waals surface area contributed by atoms with Crippen molar-refractivity contribution in [3.05, 3.63) is 70.6 Å². The lowest BCUT2D eigenvalue weighted by Gasteiger charge is -2.32. The number of methoxy groups -OCH3 is 1. The van der Waals surface area contributed by atoms with Gasteiger partial charge in [0.15, 0.2) is 0 Å². The summed E-state index contributed by atoms with van der Waals surface area (Å²) in [6.45, 7) is -0.128. The Labute approximate surface area is 255 Å². The second-order valence-corrected chi connectivity index (χ2v) is 14.8. The summed E-state index contributed by atoms with van der Waals surface area (Å²) in [5.74, 6) is 4.45. The van der Waals surface area contributed by atoms with Crippen molar-refractivity contribution in [2.45, 2.75) is 40.0 Å². The largest absolute Gasteiger partial charge is 0.501 e. The number of carbonyl (C=O) groups excluding carboxylic acids is 2. The highest BCUT2D eigenvalue weighted by molar-refractivity contribution is 7.92. The molecular weight excluding hydrogens is 648 g/mol. The molecule has 4 rings (SSSR count). The molecule has 0 spiro atoms. The molecule has 1 aliphatic rings. The number of thiophene rings is 1. The van der Waals surface area contributed by atoms with Crippen molar-refractivity contribution < 1.29 is 44.3 Å². The predicted molar refractivity (Wildman–Crippen MR) is 155 cm³/mol. The molecule has 2 aromatic carbocycles. The zero-order chi connectivity index (χ0) is 32.3. The van der Waals surface area contributed by atoms with Gasteiger partial charge in [-0.1, -0.05) is 12.1 Å². The summed E-state index contributed by atoms with van der Waals surface area (Å²) in [6.07, 6.45) is 0.801. The first-order valence-corrected chi connectivity index (χ1v) is 16.7. The van der Waals surface area contributed by atoms with Crippen LogP contribution in [0, 0.1) is 0 Å². The van der Waals surface area contributed by atoms with Crippen molar-refractivity contribution >= 4 is 48.7 Å². The lowest BCUT2D eigenvalue weighted by atomic mass is 10.1. The molecule has 18 heteroatoms. The van der Waals surface area contributed by atoms with Crippen molar-refractivity contribution in [2.24, 2.45) is 5.84 Å². The first-order valence-electron chi connectivity index (χ1n) is 12.9. The third kappa shape index (κ3) is 7.15. The van der Waals surface area contributed by atoms with Crippen LogP contribution in [0.25, 0.3) is 0 Å². The highest BCUT2D eigenvalue weighted by Gasteiger charge is 2.47. The maximum absolute atomic E-state index is 13.7. The number of alkyl halides is 3. The number of sulfone groups is 1. The summed E-state index contributed by atoms with van der Waals surface area (Å²) in [7, 11) is -8.40. The number of halogens is 3. The Kier molecular flexibility index (Phi) is 9.89. The molecule has 12 nitrogen and oxygen atoms in total. The molecule has 1 fully saturated rings. The normalized spacial score (nSPS) is 16.2. The van der Waals surface area contributed by atoms with Crippen LogP contribution in [0.4, 0.5) is 18.9 Å². The number of amides is 2. The van der Waals surface area contributed by atoms with Crippen LogP contribution in [0.1, 0.15) is 38.4 Å². The SMILES string of the molecule is COc1cccc(C(=O)NCc2cc(C(=O)NN)c(S(=O)(=O)N3CCCC(Nc4cccc(S(=O)(=O)C(F)(F)F)c4)C3)s2)c1. The molecule has 1 aromatic heterocycles. The highest BCUT2D eigenvalue weighted by atomic mass is 32.2. The fourth-order valence-corrected chi connectivity index (χ4v) is 8.59. The van der Waals surface area contributed by atoms with Crippen LogP contribution >= 0.6 is 11.3 Å². The van der Waals surface area contributed by atoms with E-state index in [1.165, 1.54) is 25.3 Å². The minimum absolute atomic E-state index is 0.0629. The Bertz CT molecular complexity index is 1760. The maximum Gasteiger partial charge on any atom is 0.501 e.